The highest BCUT2D eigenvalue weighted by atomic mass is 35.5. The molecule has 1 aromatic heterocycles. The zero-order chi connectivity index (χ0) is 14.0. The number of nitrogens with one attached hydrogen (secondary N) is 1. The van der Waals surface area contributed by atoms with Crippen molar-refractivity contribution in [1.29, 1.82) is 0 Å². The molecule has 2 nitrogen and oxygen atoms in total. The summed E-state index contributed by atoms with van der Waals surface area (Å²) in [6, 6.07) is 4.89. The normalized spacial score (nSPS) is 12.7. The third-order valence-electron chi connectivity index (χ3n) is 3.04. The lowest BCUT2D eigenvalue weighted by Gasteiger charge is -2.16. The molecule has 0 aliphatic carbocycles. The molecule has 19 heavy (non-hydrogen) atoms. The Morgan fingerprint density at radius 3 is 2.68 bits per heavy atom. The van der Waals surface area contributed by atoms with E-state index in [1.807, 2.05) is 20.9 Å². The van der Waals surface area contributed by atoms with Gasteiger partial charge in [-0.3, -0.25) is 0 Å². The zero-order valence-electron chi connectivity index (χ0n) is 11.1. The first-order valence-electron chi connectivity index (χ1n) is 6.06. The molecule has 5 heteroatoms. The van der Waals surface area contributed by atoms with Crippen molar-refractivity contribution in [2.75, 3.05) is 7.05 Å². The highest BCUT2D eigenvalue weighted by Gasteiger charge is 2.18. The second-order valence-corrected chi connectivity index (χ2v) is 6.13. The topological polar surface area (TPSA) is 24.9 Å². The highest BCUT2D eigenvalue weighted by molar-refractivity contribution is 7.11. The minimum atomic E-state index is -0.258. The number of hydrogen-bond acceptors (Lipinski definition) is 3. The molecule has 0 saturated carbocycles. The molecule has 102 valence electrons. The summed E-state index contributed by atoms with van der Waals surface area (Å²) in [5.41, 5.74) is 1.67. The smallest absolute Gasteiger partial charge is 0.127 e. The molecule has 2 aromatic rings. The molecular weight excluding hydrogens is 283 g/mol. The van der Waals surface area contributed by atoms with Gasteiger partial charge in [-0.05, 0) is 45.0 Å². The van der Waals surface area contributed by atoms with E-state index in [1.54, 1.807) is 23.5 Å². The summed E-state index contributed by atoms with van der Waals surface area (Å²) >= 11 is 7.42. The van der Waals surface area contributed by atoms with Gasteiger partial charge in [0.25, 0.3) is 0 Å². The first-order chi connectivity index (χ1) is 9.01. The molecule has 0 spiro atoms. The average Bonchev–Trinajstić information content (AvgIpc) is 2.68. The number of aryl methyl sites for hydroxylation is 2. The summed E-state index contributed by atoms with van der Waals surface area (Å²) in [5, 5.41) is 4.69. The van der Waals surface area contributed by atoms with Crippen LogP contribution >= 0.6 is 22.9 Å². The first kappa shape index (κ1) is 14.4. The molecule has 0 radical (unpaired) electrons. The van der Waals surface area contributed by atoms with Gasteiger partial charge in [0, 0.05) is 15.9 Å². The van der Waals surface area contributed by atoms with Crippen LogP contribution < -0.4 is 5.32 Å². The van der Waals surface area contributed by atoms with Gasteiger partial charge < -0.3 is 5.32 Å². The molecule has 1 atom stereocenters. The van der Waals surface area contributed by atoms with E-state index in [2.05, 4.69) is 10.3 Å². The Kier molecular flexibility index (Phi) is 4.55. The van der Waals surface area contributed by atoms with Crippen LogP contribution in [-0.4, -0.2) is 12.0 Å². The van der Waals surface area contributed by atoms with Gasteiger partial charge in [0.1, 0.15) is 5.82 Å². The molecule has 0 saturated heterocycles. The monoisotopic (exact) mass is 298 g/mol. The van der Waals surface area contributed by atoms with Gasteiger partial charge in [-0.25, -0.2) is 9.37 Å². The van der Waals surface area contributed by atoms with Crippen molar-refractivity contribution in [3.8, 4) is 0 Å². The van der Waals surface area contributed by atoms with Gasteiger partial charge >= 0.3 is 0 Å². The fraction of sp³-hybridized carbons (Fsp3) is 0.357. The van der Waals surface area contributed by atoms with E-state index < -0.39 is 0 Å². The van der Waals surface area contributed by atoms with Crippen molar-refractivity contribution in [2.45, 2.75) is 26.3 Å². The maximum absolute atomic E-state index is 13.8. The summed E-state index contributed by atoms with van der Waals surface area (Å²) in [6.07, 6.45) is 0.585. The number of aromatic nitrogens is 1. The van der Waals surface area contributed by atoms with Crippen LogP contribution in [0.15, 0.2) is 18.2 Å². The van der Waals surface area contributed by atoms with Crippen LogP contribution in [0.25, 0.3) is 0 Å². The van der Waals surface area contributed by atoms with Crippen molar-refractivity contribution in [1.82, 2.24) is 10.3 Å². The Balaban J connectivity index is 2.26. The third kappa shape index (κ3) is 3.32. The van der Waals surface area contributed by atoms with E-state index in [4.69, 9.17) is 11.6 Å². The quantitative estimate of drug-likeness (QED) is 0.921. The number of benzene rings is 1. The van der Waals surface area contributed by atoms with Crippen LogP contribution in [-0.2, 0) is 6.42 Å². The van der Waals surface area contributed by atoms with Gasteiger partial charge in [-0.2, -0.15) is 0 Å². The number of nitrogens with zero attached hydrogens (tertiary/aromatic N) is 1. The molecule has 0 aliphatic heterocycles. The molecule has 2 rings (SSSR count). The summed E-state index contributed by atoms with van der Waals surface area (Å²) in [6.45, 7) is 3.97. The Bertz CT molecular complexity index is 583. The molecule has 1 heterocycles. The minimum absolute atomic E-state index is 0.0712. The predicted octanol–water partition coefficient (Wildman–Crippen LogP) is 4.06. The van der Waals surface area contributed by atoms with Crippen molar-refractivity contribution < 1.29 is 4.39 Å². The van der Waals surface area contributed by atoms with Crippen LogP contribution in [0.4, 0.5) is 4.39 Å². The molecule has 1 aromatic carbocycles. The van der Waals surface area contributed by atoms with Gasteiger partial charge in [-0.1, -0.05) is 17.7 Å². The number of rotatable bonds is 4. The van der Waals surface area contributed by atoms with Crippen LogP contribution in [0.2, 0.25) is 5.02 Å². The molecule has 1 unspecified atom stereocenters. The van der Waals surface area contributed by atoms with Crippen LogP contribution in [0.5, 0.6) is 0 Å². The zero-order valence-corrected chi connectivity index (χ0v) is 12.7. The number of hydrogen-bond donors (Lipinski definition) is 1. The molecule has 1 N–H and O–H groups in total. The first-order valence-corrected chi connectivity index (χ1v) is 7.26. The number of halogens is 2. The maximum Gasteiger partial charge on any atom is 0.127 e. The van der Waals surface area contributed by atoms with Crippen LogP contribution in [0, 0.1) is 19.7 Å². The molecular formula is C14H16ClFN2S. The second kappa shape index (κ2) is 5.99. The lowest BCUT2D eigenvalue weighted by atomic mass is 10.0. The molecule has 0 amide bonds. The van der Waals surface area contributed by atoms with Crippen molar-refractivity contribution in [2.24, 2.45) is 0 Å². The van der Waals surface area contributed by atoms with Crippen LogP contribution in [0.3, 0.4) is 0 Å². The standard InChI is InChI=1S/C14H16ClFN2S/c1-8-14(19-9(2)18-8)13(17-3)6-10-4-5-11(15)7-12(10)16/h4-5,7,13,17H,6H2,1-3H3. The van der Waals surface area contributed by atoms with Gasteiger partial charge in [0.15, 0.2) is 0 Å². The second-order valence-electron chi connectivity index (χ2n) is 4.46. The molecule has 0 aliphatic rings. The van der Waals surface area contributed by atoms with Crippen molar-refractivity contribution in [3.05, 3.63) is 50.2 Å². The number of thiazole rings is 1. The lowest BCUT2D eigenvalue weighted by Crippen LogP contribution is -2.19. The Labute approximate surface area is 121 Å². The minimum Gasteiger partial charge on any atom is -0.312 e. The summed E-state index contributed by atoms with van der Waals surface area (Å²) in [4.78, 5) is 5.58. The third-order valence-corrected chi connectivity index (χ3v) is 4.47. The lowest BCUT2D eigenvalue weighted by molar-refractivity contribution is 0.557. The van der Waals surface area contributed by atoms with E-state index in [9.17, 15) is 4.39 Å². The molecule has 0 fully saturated rings. The SMILES string of the molecule is CNC(Cc1ccc(Cl)cc1F)c1sc(C)nc1C. The fourth-order valence-corrected chi connectivity index (χ4v) is 3.30. The fourth-order valence-electron chi connectivity index (χ4n) is 2.10. The van der Waals surface area contributed by atoms with E-state index in [1.165, 1.54) is 6.07 Å². The summed E-state index contributed by atoms with van der Waals surface area (Å²) < 4.78 is 13.8. The average molecular weight is 299 g/mol. The van der Waals surface area contributed by atoms with Crippen LogP contribution in [0.1, 0.15) is 27.2 Å². The van der Waals surface area contributed by atoms with E-state index in [0.717, 1.165) is 15.6 Å². The Morgan fingerprint density at radius 1 is 1.42 bits per heavy atom. The Morgan fingerprint density at radius 2 is 2.16 bits per heavy atom. The van der Waals surface area contributed by atoms with Gasteiger partial charge in [0.2, 0.25) is 0 Å². The van der Waals surface area contributed by atoms with E-state index in [0.29, 0.717) is 17.0 Å². The van der Waals surface area contributed by atoms with E-state index >= 15 is 0 Å². The largest absolute Gasteiger partial charge is 0.312 e. The predicted molar refractivity (Wildman–Crippen MR) is 78.5 cm³/mol. The van der Waals surface area contributed by atoms with E-state index in [-0.39, 0.29) is 11.9 Å². The summed E-state index contributed by atoms with van der Waals surface area (Å²) in [5.74, 6) is -0.258. The highest BCUT2D eigenvalue weighted by Crippen LogP contribution is 2.28. The van der Waals surface area contributed by atoms with Crippen molar-refractivity contribution >= 4 is 22.9 Å². The Hall–Kier alpha value is -0.970. The number of likely N-dealkylation sites (N-methyl/N-ethyl adjacent to an activating group) is 1. The van der Waals surface area contributed by atoms with Gasteiger partial charge in [-0.15, -0.1) is 11.3 Å². The van der Waals surface area contributed by atoms with Crippen molar-refractivity contribution in [3.63, 3.8) is 0 Å². The summed E-state index contributed by atoms with van der Waals surface area (Å²) in [7, 11) is 1.88. The van der Waals surface area contributed by atoms with Gasteiger partial charge in [0.05, 0.1) is 10.7 Å². The maximum atomic E-state index is 13.8. The molecule has 0 bridgehead atoms.